The van der Waals surface area contributed by atoms with Crippen molar-refractivity contribution in [1.82, 2.24) is 26.6 Å². The molecule has 11 aliphatic heterocycles. The van der Waals surface area contributed by atoms with Gasteiger partial charge in [0.2, 0.25) is 29.5 Å². The van der Waals surface area contributed by atoms with Crippen LogP contribution in [-0.2, 0) is 128 Å². The first-order valence-electron chi connectivity index (χ1n) is 45.3. The first kappa shape index (κ1) is 118. The Bertz CT molecular complexity index is 4030. The molecule has 11 heterocycles. The number of hydrogen-bond donors (Lipinski definition) is 37. The van der Waals surface area contributed by atoms with Crippen molar-refractivity contribution in [2.75, 3.05) is 72.7 Å². The van der Waals surface area contributed by atoms with E-state index in [0.717, 1.165) is 34.6 Å². The summed E-state index contributed by atoms with van der Waals surface area (Å²) >= 11 is 0. The van der Waals surface area contributed by atoms with Gasteiger partial charge >= 0.3 is 5.97 Å². The van der Waals surface area contributed by atoms with Gasteiger partial charge in [-0.15, -0.1) is 0 Å². The van der Waals surface area contributed by atoms with Crippen molar-refractivity contribution in [1.29, 1.82) is 0 Å². The second kappa shape index (κ2) is 51.2. The molecule has 0 aromatic carbocycles. The molecular weight excluding hydrogens is 1960 g/mol. The normalized spacial score (nSPS) is 47.8. The highest BCUT2D eigenvalue weighted by Gasteiger charge is 2.64. The van der Waals surface area contributed by atoms with Gasteiger partial charge in [-0.2, -0.15) is 0 Å². The molecule has 1 unspecified atom stereocenters. The van der Waals surface area contributed by atoms with Crippen LogP contribution in [0.2, 0.25) is 0 Å². The number of carboxylic acid groups (broad SMARTS) is 1. The van der Waals surface area contributed by atoms with Gasteiger partial charge in [-0.05, 0) is 0 Å². The van der Waals surface area contributed by atoms with E-state index in [-0.39, 0.29) is 0 Å². The Morgan fingerprint density at radius 2 is 0.566 bits per heavy atom. The minimum atomic E-state index is -3.10. The molecule has 0 aliphatic carbocycles. The average molecular weight is 2090 g/mol. The third kappa shape index (κ3) is 26.2. The molecule has 826 valence electrons. The molecule has 64 nitrogen and oxygen atoms in total. The van der Waals surface area contributed by atoms with Crippen LogP contribution in [0.1, 0.15) is 41.0 Å². The predicted molar refractivity (Wildman–Crippen MR) is 438 cm³/mol. The summed E-state index contributed by atoms with van der Waals surface area (Å²) in [6.45, 7) is -8.19. The molecule has 56 atom stereocenters. The van der Waals surface area contributed by atoms with Crippen molar-refractivity contribution in [2.24, 2.45) is 0 Å². The van der Waals surface area contributed by atoms with Gasteiger partial charge in [0.05, 0.1) is 84.8 Å². The van der Waals surface area contributed by atoms with Gasteiger partial charge < -0.3 is 289 Å². The summed E-state index contributed by atoms with van der Waals surface area (Å²) in [4.78, 5) is 77.5. The van der Waals surface area contributed by atoms with E-state index >= 15 is 0 Å². The summed E-state index contributed by atoms with van der Waals surface area (Å²) in [7, 11) is 0. The maximum atomic E-state index is 13.2. The fraction of sp³-hybridized carbons (Fsp3) is 0.924. The number of rotatable bonds is 39. The quantitative estimate of drug-likeness (QED) is 0.0272. The molecule has 5 amide bonds. The van der Waals surface area contributed by atoms with Gasteiger partial charge in [-0.1, -0.05) is 0 Å². The largest absolute Gasteiger partial charge is 0.477 e. The van der Waals surface area contributed by atoms with E-state index in [1.165, 1.54) is 0 Å². The highest BCUT2D eigenvalue weighted by atomic mass is 16.8. The SMILES string of the molecule is CC(=O)N[C@H]1[C@H](O[C@H]2[C@@H](O)[C@@H](CO[C@@H]3O[C@H](CO)[C@@H](O[C@@H]4O[C@H](CO)[C@H](O)[C@H](O[C@@H]5O[C@H](CO)[C@@H](O[C@@H]6O[C@H](CO)[C@H](O)[C@H](O[C@@H]7O[C@H](CO)[C@@H](O)[C@H](O[C@@H]8O[C@H](CO)[C@H](O)[C@H](O)[C@H]8O)[C@H]7NC(C)=O)[C@H]6O)[C@H](O)[C@H]5NC(C)=O)[C@H]4O)[C@H](O)[C@H]3NC(C)=O)O[C@@H](O[C@H]3[C@H](O)[C@@H](O)C(O)O[C@@H]3CO)[C@@H]2O)O[C@H](CO)[C@@H](O[C@@H]2O[C@H](CO[C@]3(C(=O)O)C[C@H](O)[C@@H](NC(C)=O)[C@H]([C@H](O)[C@H](O)CO)O3)[C@H](O)[C@H](O)[C@H]2O)[C@@H]1O. The van der Waals surface area contributed by atoms with Crippen LogP contribution >= 0.6 is 0 Å². The number of hydrogen-bond acceptors (Lipinski definition) is 58. The summed E-state index contributed by atoms with van der Waals surface area (Å²) in [6.07, 6.45) is -108. The van der Waals surface area contributed by atoms with Crippen LogP contribution in [0.5, 0.6) is 0 Å². The van der Waals surface area contributed by atoms with Gasteiger partial charge in [0.15, 0.2) is 62.9 Å². The highest BCUT2D eigenvalue weighted by molar-refractivity contribution is 5.77. The van der Waals surface area contributed by atoms with Crippen LogP contribution in [0.15, 0.2) is 0 Å². The van der Waals surface area contributed by atoms with Crippen molar-refractivity contribution in [3.63, 3.8) is 0 Å². The van der Waals surface area contributed by atoms with Gasteiger partial charge in [0.1, 0.15) is 262 Å². The lowest BCUT2D eigenvalue weighted by Gasteiger charge is -2.51. The van der Waals surface area contributed by atoms with Gasteiger partial charge in [0, 0.05) is 41.0 Å². The summed E-state index contributed by atoms with van der Waals surface area (Å²) in [5.74, 6) is -9.95. The lowest BCUT2D eigenvalue weighted by molar-refractivity contribution is -0.388. The summed E-state index contributed by atoms with van der Waals surface area (Å²) < 4.78 is 123. The highest BCUT2D eigenvalue weighted by Crippen LogP contribution is 2.43. The lowest BCUT2D eigenvalue weighted by Crippen LogP contribution is -2.71. The van der Waals surface area contributed by atoms with Crippen LogP contribution in [0, 0.1) is 0 Å². The van der Waals surface area contributed by atoms with Crippen LogP contribution < -0.4 is 26.6 Å². The molecule has 0 aromatic heterocycles. The molecule has 0 bridgehead atoms. The number of aliphatic carboxylic acids is 1. The van der Waals surface area contributed by atoms with Gasteiger partial charge in [-0.25, -0.2) is 4.79 Å². The van der Waals surface area contributed by atoms with Gasteiger partial charge in [0.25, 0.3) is 5.79 Å². The van der Waals surface area contributed by atoms with Crippen molar-refractivity contribution in [3.8, 4) is 0 Å². The van der Waals surface area contributed by atoms with E-state index in [4.69, 9.17) is 99.5 Å². The average Bonchev–Trinajstić information content (AvgIpc) is 0.765. The van der Waals surface area contributed by atoms with Crippen LogP contribution in [0.25, 0.3) is 0 Å². The topological polar surface area (TPSA) is 1000 Å². The second-order valence-corrected chi connectivity index (χ2v) is 36.0. The Kier molecular flexibility index (Phi) is 42.3. The predicted octanol–water partition coefficient (Wildman–Crippen LogP) is -25.1. The number of nitrogens with one attached hydrogen (secondary N) is 5. The zero-order valence-corrected chi connectivity index (χ0v) is 76.6. The Hall–Kier alpha value is -5.26. The maximum absolute atomic E-state index is 13.2. The van der Waals surface area contributed by atoms with Crippen LogP contribution in [0.3, 0.4) is 0 Å². The number of aliphatic hydroxyl groups excluding tert-OH is 31. The number of aliphatic hydroxyl groups is 31. The standard InChI is InChI=1S/C79H131N5O59/c1-18(94)80-35-23(99)6-79(78(121)122,143-64(35)40(101)24(100)7-85)124-17-34-42(103)51(112)55(116)74(134-34)135-60-31(14-92)131-71(37(48(60)109)82-20(3)96)141-67-46(107)33(133-77(58(67)119)138-62-29(12-90)125-68(120)53(114)52(62)113)16-123-69-36(81-19(2)95)47(108)59(30(13-91)130-69)136-75-56(117)65(44(105)27(10-88)128-75)140-70-38(83-21(4)97)49(110)61(32(15-93)132-70)137-76-57(118)66(45(106)28(11-89)129-76)142-72-39(84-22(5)98)63(43(104)26(9-87)126-72)139-73-54(115)50(111)41(102)25(8-86)127-73/h23-77,85-93,99-120H,6-17H2,1-5H3,(H,80,94)(H,81,95)(H,82,96)(H,83,97)(H,84,98)(H,121,122)/t23-,24+,25+,26+,27+,28+,29+,30+,31+,32+,33+,34+,35+,36+,37+,38+,39+,40+,41-,42-,43+,44-,45-,46-,47+,48+,49+,50-,51-,52+,53+,54+,55+,56+,57+,58+,59+,60+,61+,62+,63+,64+,65-,66-,67-,68?,69+,70-,71-,72-,73-,74-,75-,76-,77-,79+/m0/s1. The number of carbonyl (C=O) groups is 6. The van der Waals surface area contributed by atoms with E-state index in [2.05, 4.69) is 26.6 Å². The molecule has 37 N–H and O–H groups in total. The number of amides is 5. The van der Waals surface area contributed by atoms with Crippen LogP contribution in [-0.4, -0.2) is 615 Å². The molecule has 11 saturated heterocycles. The smallest absolute Gasteiger partial charge is 0.364 e. The molecule has 64 heteroatoms. The van der Waals surface area contributed by atoms with E-state index in [1.807, 2.05) is 0 Å². The fourth-order valence-electron chi connectivity index (χ4n) is 18.4. The Morgan fingerprint density at radius 3 is 0.944 bits per heavy atom. The van der Waals surface area contributed by atoms with E-state index in [0.29, 0.717) is 0 Å². The lowest BCUT2D eigenvalue weighted by atomic mass is 9.88. The number of ether oxygens (including phenoxy) is 21. The summed E-state index contributed by atoms with van der Waals surface area (Å²) in [5.41, 5.74) is 0. The Morgan fingerprint density at radius 1 is 0.287 bits per heavy atom. The number of carboxylic acids is 1. The molecule has 0 radical (unpaired) electrons. The Balaban J connectivity index is 0.796. The monoisotopic (exact) mass is 2090 g/mol. The molecule has 0 aromatic rings. The zero-order valence-electron chi connectivity index (χ0n) is 76.6. The fourth-order valence-corrected chi connectivity index (χ4v) is 18.4. The molecule has 0 saturated carbocycles. The first-order valence-corrected chi connectivity index (χ1v) is 45.3. The van der Waals surface area contributed by atoms with Crippen molar-refractivity contribution >= 4 is 35.5 Å². The molecule has 0 spiro atoms. The molecule has 11 aliphatic rings. The van der Waals surface area contributed by atoms with Crippen molar-refractivity contribution < 1.29 is 292 Å². The minimum Gasteiger partial charge on any atom is -0.477 e. The van der Waals surface area contributed by atoms with Crippen molar-refractivity contribution in [2.45, 2.75) is 384 Å². The Labute approximate surface area is 808 Å². The van der Waals surface area contributed by atoms with Crippen LogP contribution in [0.4, 0.5) is 0 Å². The molecule has 11 rings (SSSR count). The molecule has 11 fully saturated rings. The third-order valence-electron chi connectivity index (χ3n) is 26.0. The zero-order chi connectivity index (χ0) is 106. The van der Waals surface area contributed by atoms with E-state index in [1.54, 1.807) is 0 Å². The van der Waals surface area contributed by atoms with E-state index in [9.17, 15) is 192 Å². The molecule has 143 heavy (non-hydrogen) atoms. The maximum Gasteiger partial charge on any atom is 0.364 e. The molecular formula is C79H131N5O59. The van der Waals surface area contributed by atoms with Crippen molar-refractivity contribution in [3.05, 3.63) is 0 Å². The first-order chi connectivity index (χ1) is 67.5. The number of carbonyl (C=O) groups excluding carboxylic acids is 5. The summed E-state index contributed by atoms with van der Waals surface area (Å²) in [5, 5.41) is 368. The summed E-state index contributed by atoms with van der Waals surface area (Å²) in [6, 6.07) is -9.60. The third-order valence-corrected chi connectivity index (χ3v) is 26.0. The van der Waals surface area contributed by atoms with Gasteiger partial charge in [-0.3, -0.25) is 24.0 Å². The minimum absolute atomic E-state index is 0.849. The second-order valence-electron chi connectivity index (χ2n) is 36.0. The van der Waals surface area contributed by atoms with E-state index < -0.39 is 458 Å².